The molecule has 0 spiro atoms. The van der Waals surface area contributed by atoms with Crippen molar-refractivity contribution in [3.8, 4) is 11.1 Å². The molecule has 20 heavy (non-hydrogen) atoms. The third-order valence-corrected chi connectivity index (χ3v) is 4.33. The third-order valence-electron chi connectivity index (χ3n) is 4.33. The van der Waals surface area contributed by atoms with E-state index < -0.39 is 0 Å². The molecule has 0 atom stereocenters. The summed E-state index contributed by atoms with van der Waals surface area (Å²) >= 11 is 0. The zero-order valence-electron chi connectivity index (χ0n) is 11.8. The second kappa shape index (κ2) is 4.68. The number of fused-ring (bicyclic) bond motifs is 3. The molecule has 0 aromatic heterocycles. The molecule has 0 bridgehead atoms. The van der Waals surface area contributed by atoms with Crippen molar-refractivity contribution in [2.75, 3.05) is 7.05 Å². The second-order valence-electron chi connectivity index (χ2n) is 5.22. The first-order valence-electron chi connectivity index (χ1n) is 6.93. The summed E-state index contributed by atoms with van der Waals surface area (Å²) in [5.74, 6) is 0. The molecule has 0 amide bonds. The zero-order chi connectivity index (χ0) is 14.2. The highest BCUT2D eigenvalue weighted by atomic mass is 14.9. The van der Waals surface area contributed by atoms with Crippen LogP contribution in [0.4, 0.5) is 0 Å². The molecule has 0 saturated carbocycles. The highest BCUT2D eigenvalue weighted by Gasteiger charge is 2.43. The Kier molecular flexibility index (Phi) is 2.98. The minimum atomic E-state index is -0.205. The van der Waals surface area contributed by atoms with Gasteiger partial charge in [0.15, 0.2) is 0 Å². The molecule has 0 fully saturated rings. The van der Waals surface area contributed by atoms with Gasteiger partial charge in [-0.05, 0) is 28.7 Å². The van der Waals surface area contributed by atoms with Crippen LogP contribution in [0, 0.1) is 0 Å². The van der Waals surface area contributed by atoms with Crippen LogP contribution in [-0.4, -0.2) is 7.05 Å². The van der Waals surface area contributed by atoms with Crippen molar-refractivity contribution in [1.82, 2.24) is 5.32 Å². The van der Waals surface area contributed by atoms with E-state index in [9.17, 15) is 0 Å². The van der Waals surface area contributed by atoms with E-state index in [1.807, 2.05) is 13.1 Å². The van der Waals surface area contributed by atoms with E-state index in [1.54, 1.807) is 0 Å². The van der Waals surface area contributed by atoms with Crippen LogP contribution >= 0.6 is 0 Å². The molecule has 100 valence electrons. The summed E-state index contributed by atoms with van der Waals surface area (Å²) in [5, 5.41) is 3.27. The first-order chi connectivity index (χ1) is 9.75. The maximum absolute atomic E-state index is 4.28. The summed E-state index contributed by atoms with van der Waals surface area (Å²) in [5.41, 5.74) is 6.07. The van der Waals surface area contributed by atoms with Gasteiger partial charge in [-0.15, -0.1) is 6.58 Å². The van der Waals surface area contributed by atoms with Crippen LogP contribution in [0.25, 0.3) is 11.1 Å². The Bertz CT molecular complexity index is 636. The quantitative estimate of drug-likeness (QED) is 0.811. The minimum absolute atomic E-state index is 0.205. The van der Waals surface area contributed by atoms with Gasteiger partial charge in [-0.25, -0.2) is 0 Å². The molecule has 0 heterocycles. The Hall–Kier alpha value is -2.28. The van der Waals surface area contributed by atoms with Crippen LogP contribution in [0.15, 0.2) is 73.5 Å². The largest absolute Gasteiger partial charge is 0.391 e. The molecule has 1 N–H and O–H groups in total. The van der Waals surface area contributed by atoms with Gasteiger partial charge in [-0.2, -0.15) is 0 Å². The van der Waals surface area contributed by atoms with Crippen molar-refractivity contribution in [1.29, 1.82) is 0 Å². The van der Waals surface area contributed by atoms with Gasteiger partial charge in [0.05, 0.1) is 5.41 Å². The molecule has 0 saturated heterocycles. The number of nitrogens with one attached hydrogen (secondary N) is 1. The maximum atomic E-state index is 4.28. The maximum Gasteiger partial charge on any atom is 0.0638 e. The lowest BCUT2D eigenvalue weighted by Gasteiger charge is -2.33. The predicted molar refractivity (Wildman–Crippen MR) is 85.7 cm³/mol. The van der Waals surface area contributed by atoms with Gasteiger partial charge in [0.2, 0.25) is 0 Å². The van der Waals surface area contributed by atoms with Crippen molar-refractivity contribution in [2.45, 2.75) is 11.8 Å². The van der Waals surface area contributed by atoms with Gasteiger partial charge in [0.1, 0.15) is 0 Å². The molecule has 0 unspecified atom stereocenters. The Morgan fingerprint density at radius 2 is 1.55 bits per heavy atom. The van der Waals surface area contributed by atoms with Crippen LogP contribution in [0.2, 0.25) is 0 Å². The van der Waals surface area contributed by atoms with E-state index in [1.165, 1.54) is 22.3 Å². The Labute approximate surface area is 120 Å². The van der Waals surface area contributed by atoms with E-state index in [0.717, 1.165) is 12.1 Å². The van der Waals surface area contributed by atoms with Crippen molar-refractivity contribution >= 4 is 0 Å². The molecule has 1 nitrogen and oxygen atoms in total. The topological polar surface area (TPSA) is 12.0 Å². The van der Waals surface area contributed by atoms with Gasteiger partial charge in [0.25, 0.3) is 0 Å². The van der Waals surface area contributed by atoms with Crippen molar-refractivity contribution < 1.29 is 0 Å². The fourth-order valence-corrected chi connectivity index (χ4v) is 3.42. The summed E-state index contributed by atoms with van der Waals surface area (Å²) in [4.78, 5) is 0. The molecule has 0 radical (unpaired) electrons. The molecule has 1 aliphatic rings. The van der Waals surface area contributed by atoms with Crippen molar-refractivity contribution in [3.05, 3.63) is 84.6 Å². The molecular formula is C19H19N. The van der Waals surface area contributed by atoms with Gasteiger partial charge in [0, 0.05) is 12.7 Å². The summed E-state index contributed by atoms with van der Waals surface area (Å²) in [6.07, 6.45) is 2.84. The fraction of sp³-hybridized carbons (Fsp3) is 0.158. The van der Waals surface area contributed by atoms with E-state index in [4.69, 9.17) is 0 Å². The average Bonchev–Trinajstić information content (AvgIpc) is 2.79. The zero-order valence-corrected chi connectivity index (χ0v) is 11.8. The lowest BCUT2D eigenvalue weighted by atomic mass is 9.73. The van der Waals surface area contributed by atoms with Crippen molar-refractivity contribution in [2.24, 2.45) is 0 Å². The average molecular weight is 261 g/mol. The number of allylic oxidation sites excluding steroid dienone is 2. The van der Waals surface area contributed by atoms with Gasteiger partial charge < -0.3 is 5.32 Å². The number of hydrogen-bond acceptors (Lipinski definition) is 1. The highest BCUT2D eigenvalue weighted by molar-refractivity contribution is 5.83. The normalized spacial score (nSPS) is 14.2. The molecule has 0 aliphatic heterocycles. The molecule has 2 aromatic carbocycles. The third kappa shape index (κ3) is 1.50. The van der Waals surface area contributed by atoms with E-state index >= 15 is 0 Å². The summed E-state index contributed by atoms with van der Waals surface area (Å²) < 4.78 is 0. The minimum Gasteiger partial charge on any atom is -0.391 e. The Balaban J connectivity index is 2.39. The first-order valence-corrected chi connectivity index (χ1v) is 6.93. The number of likely N-dealkylation sites (N-methyl/N-ethyl adjacent to an activating group) is 1. The number of hydrogen-bond donors (Lipinski definition) is 1. The molecule has 3 rings (SSSR count). The summed E-state index contributed by atoms with van der Waals surface area (Å²) in [6, 6.07) is 17.2. The van der Waals surface area contributed by atoms with E-state index in [2.05, 4.69) is 67.0 Å². The fourth-order valence-electron chi connectivity index (χ4n) is 3.42. The standard InChI is InChI=1S/C19H19N/c1-4-13-19(14(2)20-3)17-11-7-5-9-15(17)16-10-6-8-12-18(16)19/h4-12,20H,1-2,13H2,3H3. The Morgan fingerprint density at radius 3 is 2.00 bits per heavy atom. The SMILES string of the molecule is C=CCC1(C(=C)NC)c2ccccc2-c2ccccc21. The molecular weight excluding hydrogens is 242 g/mol. The highest BCUT2D eigenvalue weighted by Crippen LogP contribution is 2.53. The summed E-state index contributed by atoms with van der Waals surface area (Å²) in [6.45, 7) is 8.25. The Morgan fingerprint density at radius 1 is 1.05 bits per heavy atom. The summed E-state index contributed by atoms with van der Waals surface area (Å²) in [7, 11) is 1.94. The van der Waals surface area contributed by atoms with E-state index in [0.29, 0.717) is 0 Å². The smallest absolute Gasteiger partial charge is 0.0638 e. The van der Waals surface area contributed by atoms with Crippen molar-refractivity contribution in [3.63, 3.8) is 0 Å². The molecule has 1 heteroatoms. The van der Waals surface area contributed by atoms with Gasteiger partial charge >= 0.3 is 0 Å². The van der Waals surface area contributed by atoms with E-state index in [-0.39, 0.29) is 5.41 Å². The first kappa shape index (κ1) is 12.7. The molecule has 1 aliphatic carbocycles. The lowest BCUT2D eigenvalue weighted by molar-refractivity contribution is 0.590. The van der Waals surface area contributed by atoms with Crippen LogP contribution in [0.3, 0.4) is 0 Å². The van der Waals surface area contributed by atoms with Crippen LogP contribution in [-0.2, 0) is 5.41 Å². The number of rotatable bonds is 4. The van der Waals surface area contributed by atoms with Gasteiger partial charge in [-0.3, -0.25) is 0 Å². The molecule has 2 aromatic rings. The van der Waals surface area contributed by atoms with Crippen LogP contribution in [0.5, 0.6) is 0 Å². The predicted octanol–water partition coefficient (Wildman–Crippen LogP) is 4.26. The van der Waals surface area contributed by atoms with Crippen LogP contribution < -0.4 is 5.32 Å². The van der Waals surface area contributed by atoms with Crippen LogP contribution in [0.1, 0.15) is 17.5 Å². The van der Waals surface area contributed by atoms with Gasteiger partial charge in [-0.1, -0.05) is 61.2 Å². The second-order valence-corrected chi connectivity index (χ2v) is 5.22. The number of benzene rings is 2. The monoisotopic (exact) mass is 261 g/mol. The lowest BCUT2D eigenvalue weighted by Crippen LogP contribution is -2.33.